The topological polar surface area (TPSA) is 9.23 Å². The molecule has 0 aromatic carbocycles. The van der Waals surface area contributed by atoms with Crippen molar-refractivity contribution < 1.29 is 4.43 Å². The van der Waals surface area contributed by atoms with Crippen molar-refractivity contribution in [2.24, 2.45) is 5.41 Å². The number of allylic oxidation sites excluding steroid dienone is 1. The average molecular weight is 494 g/mol. The van der Waals surface area contributed by atoms with Gasteiger partial charge in [0.1, 0.15) is 0 Å². The molecule has 0 aliphatic rings. The predicted molar refractivity (Wildman–Crippen MR) is 103 cm³/mol. The standard InChI is InChI=1S/C14H28I2OSi/c1-13(2,3)12(9-11(16)10-15)17-18(7,8)14(4,5)6/h9,12H,10H2,1-8H3/b11-9+. The van der Waals surface area contributed by atoms with Crippen LogP contribution in [0.25, 0.3) is 0 Å². The third-order valence-corrected chi connectivity index (χ3v) is 11.0. The highest BCUT2D eigenvalue weighted by Crippen LogP contribution is 2.40. The maximum absolute atomic E-state index is 6.59. The molecule has 0 aromatic rings. The van der Waals surface area contributed by atoms with Crippen molar-refractivity contribution in [3.8, 4) is 0 Å². The van der Waals surface area contributed by atoms with Crippen LogP contribution in [0.4, 0.5) is 0 Å². The molecule has 0 bridgehead atoms. The second-order valence-electron chi connectivity index (χ2n) is 7.41. The van der Waals surface area contributed by atoms with Crippen molar-refractivity contribution >= 4 is 53.5 Å². The van der Waals surface area contributed by atoms with Gasteiger partial charge in [0.25, 0.3) is 0 Å². The Labute approximate surface area is 142 Å². The van der Waals surface area contributed by atoms with Gasteiger partial charge in [-0.2, -0.15) is 0 Å². The molecule has 108 valence electrons. The maximum atomic E-state index is 6.59. The van der Waals surface area contributed by atoms with Crippen LogP contribution in [0.3, 0.4) is 0 Å². The lowest BCUT2D eigenvalue weighted by atomic mass is 9.89. The Bertz CT molecular complexity index is 298. The molecule has 4 heteroatoms. The largest absolute Gasteiger partial charge is 0.410 e. The Morgan fingerprint density at radius 1 is 1.17 bits per heavy atom. The molecule has 1 unspecified atom stereocenters. The zero-order valence-electron chi connectivity index (χ0n) is 13.0. The summed E-state index contributed by atoms with van der Waals surface area (Å²) in [7, 11) is -1.71. The van der Waals surface area contributed by atoms with Crippen LogP contribution in [0.5, 0.6) is 0 Å². The fraction of sp³-hybridized carbons (Fsp3) is 0.857. The summed E-state index contributed by atoms with van der Waals surface area (Å²) in [5.74, 6) is 0. The van der Waals surface area contributed by atoms with Crippen LogP contribution >= 0.6 is 45.2 Å². The molecule has 0 fully saturated rings. The summed E-state index contributed by atoms with van der Waals surface area (Å²) >= 11 is 4.83. The van der Waals surface area contributed by atoms with Crippen molar-refractivity contribution in [2.45, 2.75) is 65.8 Å². The van der Waals surface area contributed by atoms with Gasteiger partial charge in [0.05, 0.1) is 6.10 Å². The molecule has 1 atom stereocenters. The molecule has 0 saturated heterocycles. The molecular formula is C14H28I2OSi. The van der Waals surface area contributed by atoms with Crippen molar-refractivity contribution in [3.63, 3.8) is 0 Å². The number of hydrogen-bond donors (Lipinski definition) is 0. The number of halogens is 2. The van der Waals surface area contributed by atoms with Crippen LogP contribution in [-0.2, 0) is 4.43 Å². The van der Waals surface area contributed by atoms with E-state index in [0.717, 1.165) is 4.43 Å². The van der Waals surface area contributed by atoms with Crippen molar-refractivity contribution in [1.82, 2.24) is 0 Å². The van der Waals surface area contributed by atoms with Crippen LogP contribution in [0.2, 0.25) is 18.1 Å². The Morgan fingerprint density at radius 3 is 1.89 bits per heavy atom. The third-order valence-electron chi connectivity index (χ3n) is 3.54. The lowest BCUT2D eigenvalue weighted by Gasteiger charge is -2.42. The lowest BCUT2D eigenvalue weighted by Crippen LogP contribution is -2.46. The maximum Gasteiger partial charge on any atom is 0.192 e. The second kappa shape index (κ2) is 6.89. The van der Waals surface area contributed by atoms with E-state index in [1.807, 2.05) is 0 Å². The third kappa shape index (κ3) is 6.22. The number of alkyl halides is 1. The summed E-state index contributed by atoms with van der Waals surface area (Å²) < 4.78 is 9.04. The number of rotatable bonds is 4. The van der Waals surface area contributed by atoms with E-state index in [0.29, 0.717) is 0 Å². The Balaban J connectivity index is 5.17. The van der Waals surface area contributed by atoms with E-state index < -0.39 is 8.32 Å². The zero-order valence-corrected chi connectivity index (χ0v) is 18.3. The van der Waals surface area contributed by atoms with E-state index in [9.17, 15) is 0 Å². The van der Waals surface area contributed by atoms with Gasteiger partial charge < -0.3 is 4.43 Å². The summed E-state index contributed by atoms with van der Waals surface area (Å²) in [4.78, 5) is 0. The second-order valence-corrected chi connectivity index (χ2v) is 14.3. The van der Waals surface area contributed by atoms with Gasteiger partial charge in [0, 0.05) is 4.43 Å². The monoisotopic (exact) mass is 494 g/mol. The first-order valence-electron chi connectivity index (χ1n) is 6.41. The van der Waals surface area contributed by atoms with Crippen LogP contribution in [-0.4, -0.2) is 18.8 Å². The molecular weight excluding hydrogens is 466 g/mol. The molecule has 1 nitrogen and oxygen atoms in total. The molecule has 0 radical (unpaired) electrons. The van der Waals surface area contributed by atoms with Gasteiger partial charge >= 0.3 is 0 Å². The molecule has 0 spiro atoms. The fourth-order valence-corrected chi connectivity index (χ4v) is 3.15. The highest BCUT2D eigenvalue weighted by molar-refractivity contribution is 14.1. The Hall–Kier alpha value is 1.38. The molecule has 0 aromatic heterocycles. The normalized spacial score (nSPS) is 16.9. The SMILES string of the molecule is CC(C)(C)C(/C=C(/I)CI)O[Si](C)(C)C(C)(C)C. The molecule has 0 rings (SSSR count). The molecule has 18 heavy (non-hydrogen) atoms. The molecule has 0 saturated carbocycles. The Morgan fingerprint density at radius 2 is 1.61 bits per heavy atom. The van der Waals surface area contributed by atoms with Gasteiger partial charge in [-0.25, -0.2) is 0 Å². The summed E-state index contributed by atoms with van der Waals surface area (Å²) in [5.41, 5.74) is 0.151. The minimum atomic E-state index is -1.71. The fourth-order valence-electron chi connectivity index (χ4n) is 1.16. The van der Waals surface area contributed by atoms with E-state index in [2.05, 4.69) is 106 Å². The van der Waals surface area contributed by atoms with Crippen LogP contribution in [0, 0.1) is 5.41 Å². The highest BCUT2D eigenvalue weighted by atomic mass is 127. The quantitative estimate of drug-likeness (QED) is 0.258. The Kier molecular flexibility index (Phi) is 7.42. The van der Waals surface area contributed by atoms with Crippen LogP contribution < -0.4 is 0 Å². The van der Waals surface area contributed by atoms with Crippen molar-refractivity contribution in [2.75, 3.05) is 4.43 Å². The van der Waals surface area contributed by atoms with Crippen LogP contribution in [0.15, 0.2) is 9.66 Å². The van der Waals surface area contributed by atoms with Gasteiger partial charge in [0.2, 0.25) is 0 Å². The van der Waals surface area contributed by atoms with Gasteiger partial charge in [0.15, 0.2) is 8.32 Å². The van der Waals surface area contributed by atoms with Crippen molar-refractivity contribution in [1.29, 1.82) is 0 Å². The van der Waals surface area contributed by atoms with Gasteiger partial charge in [-0.05, 0) is 55.8 Å². The van der Waals surface area contributed by atoms with Crippen LogP contribution in [0.1, 0.15) is 41.5 Å². The van der Waals surface area contributed by atoms with E-state index >= 15 is 0 Å². The molecule has 0 heterocycles. The van der Waals surface area contributed by atoms with Gasteiger partial charge in [-0.15, -0.1) is 0 Å². The molecule has 0 amide bonds. The summed E-state index contributed by atoms with van der Waals surface area (Å²) in [5, 5.41) is 0.264. The number of hydrogen-bond acceptors (Lipinski definition) is 1. The van der Waals surface area contributed by atoms with E-state index in [1.165, 1.54) is 3.58 Å². The minimum absolute atomic E-state index is 0.151. The molecule has 0 N–H and O–H groups in total. The summed E-state index contributed by atoms with van der Waals surface area (Å²) in [6, 6.07) is 0. The smallest absolute Gasteiger partial charge is 0.192 e. The van der Waals surface area contributed by atoms with Gasteiger partial charge in [-0.1, -0.05) is 64.1 Å². The summed E-state index contributed by atoms with van der Waals surface area (Å²) in [6.07, 6.45) is 2.52. The van der Waals surface area contributed by atoms with E-state index in [1.54, 1.807) is 0 Å². The van der Waals surface area contributed by atoms with E-state index in [-0.39, 0.29) is 16.6 Å². The first-order valence-corrected chi connectivity index (χ1v) is 11.9. The molecule has 0 aliphatic heterocycles. The van der Waals surface area contributed by atoms with E-state index in [4.69, 9.17) is 4.43 Å². The molecule has 0 aliphatic carbocycles. The first kappa shape index (κ1) is 19.4. The zero-order chi connectivity index (χ0) is 14.8. The highest BCUT2D eigenvalue weighted by Gasteiger charge is 2.41. The lowest BCUT2D eigenvalue weighted by molar-refractivity contribution is 0.113. The van der Waals surface area contributed by atoms with Crippen molar-refractivity contribution in [3.05, 3.63) is 9.66 Å². The minimum Gasteiger partial charge on any atom is -0.410 e. The summed E-state index contributed by atoms with van der Waals surface area (Å²) in [6.45, 7) is 18.3. The first-order chi connectivity index (χ1) is 7.81. The predicted octanol–water partition coefficient (Wildman–Crippen LogP) is 6.18. The average Bonchev–Trinajstić information content (AvgIpc) is 2.12. The van der Waals surface area contributed by atoms with Gasteiger partial charge in [-0.3, -0.25) is 0 Å².